The van der Waals surface area contributed by atoms with Crippen molar-refractivity contribution in [3.05, 3.63) is 58.2 Å². The lowest BCUT2D eigenvalue weighted by molar-refractivity contribution is 0.0996. The van der Waals surface area contributed by atoms with Crippen molar-refractivity contribution in [1.82, 2.24) is 4.57 Å². The Labute approximate surface area is 150 Å². The maximum atomic E-state index is 12.5. The van der Waals surface area contributed by atoms with Gasteiger partial charge in [-0.3, -0.25) is 4.79 Å². The zero-order valence-corrected chi connectivity index (χ0v) is 14.7. The van der Waals surface area contributed by atoms with Gasteiger partial charge in [0, 0.05) is 23.0 Å². The monoisotopic (exact) mass is 345 g/mol. The summed E-state index contributed by atoms with van der Waals surface area (Å²) in [7, 11) is 3.66. The molecule has 1 unspecified atom stereocenters. The number of primary amides is 1. The Hall–Kier alpha value is -3.21. The molecule has 2 heterocycles. The standard InChI is InChI=1S/C21H19N3O2/c1-24-14-10-6-4-8-12(14)16-19(24)18-15(17(21(22)25)20(16)26-2)11-7-3-5-9-13(11)23-18/h3-7,9-10,13,23H,8H2,1-2H3,(H2,22,25). The third-order valence-corrected chi connectivity index (χ3v) is 5.51. The van der Waals surface area contributed by atoms with E-state index >= 15 is 0 Å². The molecule has 3 N–H and O–H groups in total. The molecule has 0 bridgehead atoms. The summed E-state index contributed by atoms with van der Waals surface area (Å²) in [4.78, 5) is 12.5. The number of anilines is 1. The highest BCUT2D eigenvalue weighted by Gasteiger charge is 2.32. The zero-order chi connectivity index (χ0) is 18.0. The number of methoxy groups -OCH3 is 1. The zero-order valence-electron chi connectivity index (χ0n) is 14.7. The Bertz CT molecular complexity index is 1210. The Kier molecular flexibility index (Phi) is 2.98. The van der Waals surface area contributed by atoms with Crippen molar-refractivity contribution in [2.75, 3.05) is 12.4 Å². The van der Waals surface area contributed by atoms with Crippen LogP contribution >= 0.6 is 0 Å². The van der Waals surface area contributed by atoms with E-state index in [-0.39, 0.29) is 6.04 Å². The number of nitrogens with one attached hydrogen (secondary N) is 1. The van der Waals surface area contributed by atoms with Gasteiger partial charge < -0.3 is 20.4 Å². The van der Waals surface area contributed by atoms with Crippen LogP contribution in [0, 0.1) is 0 Å². The van der Waals surface area contributed by atoms with Gasteiger partial charge in [0.2, 0.25) is 0 Å². The molecule has 1 amide bonds. The molecule has 5 rings (SSSR count). The summed E-state index contributed by atoms with van der Waals surface area (Å²) in [6.07, 6.45) is 15.2. The van der Waals surface area contributed by atoms with Crippen LogP contribution in [0.1, 0.15) is 15.9 Å². The van der Waals surface area contributed by atoms with Gasteiger partial charge in [0.25, 0.3) is 5.91 Å². The molecule has 2 aliphatic carbocycles. The third kappa shape index (κ3) is 1.72. The first kappa shape index (κ1) is 15.1. The minimum atomic E-state index is -0.467. The molecule has 3 aliphatic rings. The maximum Gasteiger partial charge on any atom is 0.253 e. The normalized spacial score (nSPS) is 19.0. The van der Waals surface area contributed by atoms with Crippen LogP contribution in [0.4, 0.5) is 5.69 Å². The topological polar surface area (TPSA) is 69.3 Å². The second kappa shape index (κ2) is 5.14. The van der Waals surface area contributed by atoms with Crippen LogP contribution in [0.5, 0.6) is 5.75 Å². The highest BCUT2D eigenvalue weighted by Crippen LogP contribution is 2.38. The number of benzene rings is 1. The third-order valence-electron chi connectivity index (χ3n) is 5.51. The molecular weight excluding hydrogens is 326 g/mol. The Morgan fingerprint density at radius 1 is 1.35 bits per heavy atom. The van der Waals surface area contributed by atoms with Crippen LogP contribution in [0.2, 0.25) is 0 Å². The number of aryl methyl sites for hydroxylation is 1. The fourth-order valence-corrected chi connectivity index (χ4v) is 4.48. The molecule has 5 nitrogen and oxygen atoms in total. The van der Waals surface area contributed by atoms with E-state index in [1.54, 1.807) is 7.11 Å². The average molecular weight is 345 g/mol. The number of fused-ring (bicyclic) bond motifs is 6. The minimum absolute atomic E-state index is 0.0393. The van der Waals surface area contributed by atoms with Gasteiger partial charge in [0.1, 0.15) is 5.75 Å². The van der Waals surface area contributed by atoms with Crippen LogP contribution in [0.25, 0.3) is 22.6 Å². The number of rotatable bonds is 2. The summed E-state index contributed by atoms with van der Waals surface area (Å²) in [5, 5.41) is 6.55. The van der Waals surface area contributed by atoms with Crippen LogP contribution in [-0.4, -0.2) is 23.6 Å². The van der Waals surface area contributed by atoms with Crippen molar-refractivity contribution >= 4 is 34.1 Å². The van der Waals surface area contributed by atoms with Gasteiger partial charge in [0.05, 0.1) is 29.9 Å². The first-order valence-electron chi connectivity index (χ1n) is 8.67. The minimum Gasteiger partial charge on any atom is -0.495 e. The molecule has 0 fully saturated rings. The van der Waals surface area contributed by atoms with E-state index in [0.29, 0.717) is 11.3 Å². The van der Waals surface area contributed by atoms with E-state index in [4.69, 9.17) is 10.5 Å². The number of carbonyl (C=O) groups is 1. The van der Waals surface area contributed by atoms with Gasteiger partial charge in [-0.05, 0) is 23.6 Å². The quantitative estimate of drug-likeness (QED) is 0.861. The van der Waals surface area contributed by atoms with E-state index in [0.717, 1.165) is 39.2 Å². The van der Waals surface area contributed by atoms with Crippen LogP contribution < -0.4 is 26.4 Å². The molecule has 130 valence electrons. The lowest BCUT2D eigenvalue weighted by Crippen LogP contribution is -2.24. The van der Waals surface area contributed by atoms with Gasteiger partial charge in [-0.15, -0.1) is 0 Å². The molecule has 0 saturated heterocycles. The van der Waals surface area contributed by atoms with Crippen molar-refractivity contribution in [1.29, 1.82) is 0 Å². The van der Waals surface area contributed by atoms with Crippen molar-refractivity contribution < 1.29 is 9.53 Å². The van der Waals surface area contributed by atoms with E-state index in [2.05, 4.69) is 41.2 Å². The number of ether oxygens (including phenoxy) is 1. The number of allylic oxidation sites excluding steroid dienone is 4. The average Bonchev–Trinajstić information content (AvgIpc) is 3.17. The molecule has 1 atom stereocenters. The molecule has 0 radical (unpaired) electrons. The number of carbonyl (C=O) groups excluding carboxylic acids is 1. The van der Waals surface area contributed by atoms with E-state index < -0.39 is 5.91 Å². The maximum absolute atomic E-state index is 12.5. The second-order valence-corrected chi connectivity index (χ2v) is 6.79. The number of hydrogen-bond donors (Lipinski definition) is 2. The summed E-state index contributed by atoms with van der Waals surface area (Å²) in [5.74, 6) is 0.107. The molecule has 5 heteroatoms. The number of amides is 1. The van der Waals surface area contributed by atoms with E-state index in [1.165, 1.54) is 5.56 Å². The van der Waals surface area contributed by atoms with Crippen LogP contribution in [0.3, 0.4) is 0 Å². The number of aromatic nitrogens is 1. The first-order valence-corrected chi connectivity index (χ1v) is 8.67. The van der Waals surface area contributed by atoms with Crippen molar-refractivity contribution in [3.8, 4) is 5.75 Å². The van der Waals surface area contributed by atoms with E-state index in [9.17, 15) is 4.79 Å². The predicted octanol–water partition coefficient (Wildman–Crippen LogP) is 1.25. The Morgan fingerprint density at radius 3 is 2.96 bits per heavy atom. The molecule has 0 saturated carbocycles. The predicted molar refractivity (Wildman–Crippen MR) is 104 cm³/mol. The van der Waals surface area contributed by atoms with Gasteiger partial charge in [-0.25, -0.2) is 0 Å². The molecule has 1 aromatic heterocycles. The molecule has 26 heavy (non-hydrogen) atoms. The SMILES string of the molecule is COc1c(C(N)=O)c2c(c3c1c1c(n3C)=CC=CC1)NC1C=CC=CC=21. The highest BCUT2D eigenvalue weighted by atomic mass is 16.5. The van der Waals surface area contributed by atoms with Crippen molar-refractivity contribution in [2.24, 2.45) is 12.8 Å². The lowest BCUT2D eigenvalue weighted by Gasteiger charge is -2.14. The van der Waals surface area contributed by atoms with Gasteiger partial charge >= 0.3 is 0 Å². The molecule has 1 aromatic carbocycles. The van der Waals surface area contributed by atoms with E-state index in [1.807, 2.05) is 18.2 Å². The van der Waals surface area contributed by atoms with Gasteiger partial charge in [-0.1, -0.05) is 36.5 Å². The highest BCUT2D eigenvalue weighted by molar-refractivity contribution is 6.11. The van der Waals surface area contributed by atoms with Gasteiger partial charge in [-0.2, -0.15) is 0 Å². The number of nitrogens with two attached hydrogens (primary N) is 1. The second-order valence-electron chi connectivity index (χ2n) is 6.79. The summed E-state index contributed by atoms with van der Waals surface area (Å²) in [6, 6.07) is 0.0393. The summed E-state index contributed by atoms with van der Waals surface area (Å²) < 4.78 is 7.95. The van der Waals surface area contributed by atoms with Crippen molar-refractivity contribution in [2.45, 2.75) is 12.5 Å². The fraction of sp³-hybridized carbons (Fsp3) is 0.190. The summed E-state index contributed by atoms with van der Waals surface area (Å²) in [6.45, 7) is 0. The number of hydrogen-bond acceptors (Lipinski definition) is 3. The summed E-state index contributed by atoms with van der Waals surface area (Å²) >= 11 is 0. The number of nitrogens with zero attached hydrogens (tertiary/aromatic N) is 1. The molecular formula is C21H19N3O2. The Morgan fingerprint density at radius 2 is 2.19 bits per heavy atom. The van der Waals surface area contributed by atoms with Crippen LogP contribution in [0.15, 0.2) is 36.5 Å². The molecule has 0 spiro atoms. The largest absolute Gasteiger partial charge is 0.495 e. The molecule has 2 aromatic rings. The fourth-order valence-electron chi connectivity index (χ4n) is 4.48. The van der Waals surface area contributed by atoms with Crippen LogP contribution in [-0.2, 0) is 13.5 Å². The lowest BCUT2D eigenvalue weighted by atomic mass is 9.96. The van der Waals surface area contributed by atoms with Gasteiger partial charge in [0.15, 0.2) is 0 Å². The molecule has 1 aliphatic heterocycles. The summed E-state index contributed by atoms with van der Waals surface area (Å²) in [5.41, 5.74) is 10.5. The smallest absolute Gasteiger partial charge is 0.253 e. The first-order chi connectivity index (χ1) is 12.6. The van der Waals surface area contributed by atoms with Crippen molar-refractivity contribution in [3.63, 3.8) is 0 Å². The Balaban J connectivity index is 2.08.